The van der Waals surface area contributed by atoms with E-state index in [0.29, 0.717) is 0 Å². The molecular weight excluding hydrogens is 212 g/mol. The van der Waals surface area contributed by atoms with Crippen molar-refractivity contribution >= 4 is 0 Å². The highest BCUT2D eigenvalue weighted by Crippen LogP contribution is 2.50. The van der Waals surface area contributed by atoms with E-state index >= 15 is 0 Å². The van der Waals surface area contributed by atoms with Crippen LogP contribution in [0.1, 0.15) is 49.5 Å². The van der Waals surface area contributed by atoms with Crippen LogP contribution in [0.3, 0.4) is 0 Å². The van der Waals surface area contributed by atoms with Crippen LogP contribution in [0.5, 0.6) is 0 Å². The number of nitrogens with zero attached hydrogens (tertiary/aromatic N) is 2. The van der Waals surface area contributed by atoms with Crippen molar-refractivity contribution < 1.29 is 5.11 Å². The summed E-state index contributed by atoms with van der Waals surface area (Å²) in [6, 6.07) is 0. The zero-order valence-corrected chi connectivity index (χ0v) is 10.8. The summed E-state index contributed by atoms with van der Waals surface area (Å²) < 4.78 is 1.80. The van der Waals surface area contributed by atoms with E-state index < -0.39 is 0 Å². The molecular formula is C14H22N2O. The molecule has 2 aliphatic carbocycles. The fraction of sp³-hybridized carbons (Fsp3) is 0.786. The Morgan fingerprint density at radius 1 is 1.47 bits per heavy atom. The highest BCUT2D eigenvalue weighted by molar-refractivity contribution is 5.18. The normalized spacial score (nSPS) is 33.2. The summed E-state index contributed by atoms with van der Waals surface area (Å²) in [7, 11) is 1.92. The van der Waals surface area contributed by atoms with Crippen molar-refractivity contribution in [3.8, 4) is 0 Å². The summed E-state index contributed by atoms with van der Waals surface area (Å²) >= 11 is 0. The van der Waals surface area contributed by atoms with Gasteiger partial charge in [-0.05, 0) is 50.4 Å². The number of aliphatic hydroxyl groups is 1. The summed E-state index contributed by atoms with van der Waals surface area (Å²) in [6.07, 6.45) is 8.19. The zero-order valence-electron chi connectivity index (χ0n) is 10.8. The van der Waals surface area contributed by atoms with Gasteiger partial charge < -0.3 is 5.11 Å². The third-order valence-corrected chi connectivity index (χ3v) is 4.82. The Balaban J connectivity index is 1.67. The molecule has 0 aromatic carbocycles. The van der Waals surface area contributed by atoms with Crippen molar-refractivity contribution in [1.29, 1.82) is 0 Å². The summed E-state index contributed by atoms with van der Waals surface area (Å²) in [5, 5.41) is 14.7. The van der Waals surface area contributed by atoms with Gasteiger partial charge in [-0.3, -0.25) is 4.68 Å². The molecule has 4 atom stereocenters. The molecule has 0 radical (unpaired) electrons. The number of aliphatic hydroxyl groups excluding tert-OH is 1. The van der Waals surface area contributed by atoms with Crippen molar-refractivity contribution in [1.82, 2.24) is 9.78 Å². The Morgan fingerprint density at radius 3 is 2.82 bits per heavy atom. The summed E-state index contributed by atoms with van der Waals surface area (Å²) in [4.78, 5) is 0. The molecule has 1 aromatic heterocycles. The molecule has 2 bridgehead atoms. The number of hydrogen-bond acceptors (Lipinski definition) is 2. The van der Waals surface area contributed by atoms with Gasteiger partial charge >= 0.3 is 0 Å². The number of hydrogen-bond donors (Lipinski definition) is 1. The van der Waals surface area contributed by atoms with E-state index in [1.165, 1.54) is 25.7 Å². The molecule has 0 aliphatic heterocycles. The van der Waals surface area contributed by atoms with E-state index in [1.807, 2.05) is 20.2 Å². The molecule has 0 spiro atoms. The number of aromatic nitrogens is 2. The van der Waals surface area contributed by atoms with Gasteiger partial charge in [0.2, 0.25) is 0 Å². The highest BCUT2D eigenvalue weighted by Gasteiger charge is 2.40. The first kappa shape index (κ1) is 11.3. The first-order valence-corrected chi connectivity index (χ1v) is 6.81. The van der Waals surface area contributed by atoms with Gasteiger partial charge in [0.25, 0.3) is 0 Å². The first-order chi connectivity index (χ1) is 8.13. The second-order valence-corrected chi connectivity index (χ2v) is 6.03. The van der Waals surface area contributed by atoms with Crippen LogP contribution in [-0.2, 0) is 7.05 Å². The largest absolute Gasteiger partial charge is 0.388 e. The van der Waals surface area contributed by atoms with E-state index in [1.54, 1.807) is 4.68 Å². The third-order valence-electron chi connectivity index (χ3n) is 4.82. The van der Waals surface area contributed by atoms with Gasteiger partial charge in [0.1, 0.15) is 0 Å². The smallest absolute Gasteiger partial charge is 0.0826 e. The van der Waals surface area contributed by atoms with E-state index in [-0.39, 0.29) is 6.10 Å². The molecule has 1 heterocycles. The Labute approximate surface area is 103 Å². The predicted octanol–water partition coefficient (Wildman–Crippen LogP) is 2.59. The van der Waals surface area contributed by atoms with E-state index in [2.05, 4.69) is 5.10 Å². The van der Waals surface area contributed by atoms with Crippen LogP contribution in [0.2, 0.25) is 0 Å². The Kier molecular flexibility index (Phi) is 2.74. The van der Waals surface area contributed by atoms with Crippen LogP contribution in [-0.4, -0.2) is 14.9 Å². The fourth-order valence-electron chi connectivity index (χ4n) is 4.02. The predicted molar refractivity (Wildman–Crippen MR) is 66.5 cm³/mol. The van der Waals surface area contributed by atoms with Crippen molar-refractivity contribution in [3.63, 3.8) is 0 Å². The number of rotatable bonds is 3. The molecule has 2 saturated carbocycles. The summed E-state index contributed by atoms with van der Waals surface area (Å²) in [6.45, 7) is 1.99. The molecule has 3 rings (SSSR count). The molecule has 17 heavy (non-hydrogen) atoms. The van der Waals surface area contributed by atoms with Gasteiger partial charge in [-0.15, -0.1) is 0 Å². The average Bonchev–Trinajstić information content (AvgIpc) is 2.93. The monoisotopic (exact) mass is 234 g/mol. The second-order valence-electron chi connectivity index (χ2n) is 6.03. The summed E-state index contributed by atoms with van der Waals surface area (Å²) in [5.41, 5.74) is 2.00. The number of fused-ring (bicyclic) bond motifs is 2. The maximum atomic E-state index is 10.3. The zero-order chi connectivity index (χ0) is 12.0. The van der Waals surface area contributed by atoms with Crippen molar-refractivity contribution in [2.24, 2.45) is 24.8 Å². The Hall–Kier alpha value is -0.830. The van der Waals surface area contributed by atoms with E-state index in [9.17, 15) is 5.11 Å². The minimum absolute atomic E-state index is 0.312. The standard InChI is InChI=1S/C14H22N2O/c1-9-13(8-16(2)15-9)14(17)7-12-6-10-3-4-11(12)5-10/h8,10-12,14,17H,3-7H2,1-2H3. The second kappa shape index (κ2) is 4.13. The quantitative estimate of drug-likeness (QED) is 0.873. The van der Waals surface area contributed by atoms with Gasteiger partial charge in [0.15, 0.2) is 0 Å². The minimum Gasteiger partial charge on any atom is -0.388 e. The van der Waals surface area contributed by atoms with Crippen molar-refractivity contribution in [2.75, 3.05) is 0 Å². The van der Waals surface area contributed by atoms with E-state index in [0.717, 1.165) is 35.4 Å². The molecule has 2 fully saturated rings. The molecule has 4 unspecified atom stereocenters. The molecule has 0 saturated heterocycles. The van der Waals surface area contributed by atoms with Crippen LogP contribution in [0.15, 0.2) is 6.20 Å². The van der Waals surface area contributed by atoms with Crippen LogP contribution in [0, 0.1) is 24.7 Å². The highest BCUT2D eigenvalue weighted by atomic mass is 16.3. The molecule has 1 N–H and O–H groups in total. The van der Waals surface area contributed by atoms with Crippen LogP contribution in [0.4, 0.5) is 0 Å². The minimum atomic E-state index is -0.312. The molecule has 94 valence electrons. The van der Waals surface area contributed by atoms with Crippen molar-refractivity contribution in [2.45, 2.75) is 45.1 Å². The molecule has 3 heteroatoms. The lowest BCUT2D eigenvalue weighted by Crippen LogP contribution is -2.14. The molecule has 0 amide bonds. The fourth-order valence-corrected chi connectivity index (χ4v) is 4.02. The third kappa shape index (κ3) is 2.01. The van der Waals surface area contributed by atoms with Gasteiger partial charge in [-0.1, -0.05) is 6.42 Å². The lowest BCUT2D eigenvalue weighted by molar-refractivity contribution is 0.125. The maximum absolute atomic E-state index is 10.3. The number of aryl methyl sites for hydroxylation is 2. The lowest BCUT2D eigenvalue weighted by Gasteiger charge is -2.24. The van der Waals surface area contributed by atoms with Crippen molar-refractivity contribution in [3.05, 3.63) is 17.5 Å². The Morgan fingerprint density at radius 2 is 2.29 bits per heavy atom. The van der Waals surface area contributed by atoms with Gasteiger partial charge in [0, 0.05) is 18.8 Å². The van der Waals surface area contributed by atoms with Crippen LogP contribution in [0.25, 0.3) is 0 Å². The molecule has 2 aliphatic rings. The molecule has 3 nitrogen and oxygen atoms in total. The van der Waals surface area contributed by atoms with Gasteiger partial charge in [0.05, 0.1) is 11.8 Å². The van der Waals surface area contributed by atoms with Crippen LogP contribution >= 0.6 is 0 Å². The van der Waals surface area contributed by atoms with Gasteiger partial charge in [-0.25, -0.2) is 0 Å². The van der Waals surface area contributed by atoms with Crippen LogP contribution < -0.4 is 0 Å². The lowest BCUT2D eigenvalue weighted by atomic mass is 9.84. The summed E-state index contributed by atoms with van der Waals surface area (Å²) in [5.74, 6) is 2.61. The van der Waals surface area contributed by atoms with E-state index in [4.69, 9.17) is 0 Å². The molecule has 1 aromatic rings. The Bertz CT molecular complexity index is 412. The maximum Gasteiger partial charge on any atom is 0.0826 e. The average molecular weight is 234 g/mol. The van der Waals surface area contributed by atoms with Gasteiger partial charge in [-0.2, -0.15) is 5.10 Å². The SMILES string of the molecule is Cc1nn(C)cc1C(O)CC1CC2CCC1C2. The topological polar surface area (TPSA) is 38.0 Å². The first-order valence-electron chi connectivity index (χ1n) is 6.81.